The van der Waals surface area contributed by atoms with Gasteiger partial charge in [0.2, 0.25) is 5.76 Å². The Labute approximate surface area is 180 Å². The van der Waals surface area contributed by atoms with Gasteiger partial charge in [-0.1, -0.05) is 13.8 Å². The zero-order valence-corrected chi connectivity index (χ0v) is 19.1. The predicted molar refractivity (Wildman–Crippen MR) is 115 cm³/mol. The van der Waals surface area contributed by atoms with Gasteiger partial charge in [-0.15, -0.1) is 0 Å². The van der Waals surface area contributed by atoms with Crippen molar-refractivity contribution in [3.8, 4) is 17.2 Å². The molecule has 0 fully saturated rings. The maximum atomic E-state index is 12.0. The number of ether oxygens (including phenoxy) is 3. The minimum Gasteiger partial charge on any atom is -0.496 e. The van der Waals surface area contributed by atoms with E-state index in [1.165, 1.54) is 0 Å². The normalized spacial score (nSPS) is 11.1. The highest BCUT2D eigenvalue weighted by Crippen LogP contribution is 2.43. The molecule has 1 heterocycles. The first-order valence-corrected chi connectivity index (χ1v) is 10.4. The van der Waals surface area contributed by atoms with Crippen LogP contribution in [-0.4, -0.2) is 19.7 Å². The summed E-state index contributed by atoms with van der Waals surface area (Å²) in [5, 5.41) is 0.721. The fourth-order valence-corrected chi connectivity index (χ4v) is 4.19. The summed E-state index contributed by atoms with van der Waals surface area (Å²) in [6.45, 7) is 6.23. The van der Waals surface area contributed by atoms with Crippen molar-refractivity contribution < 1.29 is 23.4 Å². The quantitative estimate of drug-likeness (QED) is 0.331. The van der Waals surface area contributed by atoms with Crippen LogP contribution in [-0.2, 0) is 4.74 Å². The highest BCUT2D eigenvalue weighted by Gasteiger charge is 2.20. The number of halogens is 2. The second-order valence-electron chi connectivity index (χ2n) is 6.40. The van der Waals surface area contributed by atoms with Crippen LogP contribution in [0.15, 0.2) is 43.7 Å². The van der Waals surface area contributed by atoms with Crippen LogP contribution in [0.25, 0.3) is 11.0 Å². The number of carbonyl (C=O) groups is 1. The first-order valence-electron chi connectivity index (χ1n) is 8.80. The van der Waals surface area contributed by atoms with Gasteiger partial charge in [-0.25, -0.2) is 4.79 Å². The summed E-state index contributed by atoms with van der Waals surface area (Å²) in [5.74, 6) is 2.02. The number of hydrogen-bond acceptors (Lipinski definition) is 5. The molecule has 3 rings (SSSR count). The lowest BCUT2D eigenvalue weighted by molar-refractivity contribution is 0.0492. The maximum absolute atomic E-state index is 12.0. The highest BCUT2D eigenvalue weighted by atomic mass is 79.9. The highest BCUT2D eigenvalue weighted by molar-refractivity contribution is 9.11. The SMILES string of the molecule is CCOC(=O)c1cc2c(Br)c(Oc3ccc(OC)c(C(C)C)c3)c(Br)cc2o1. The molecule has 0 spiro atoms. The minimum atomic E-state index is -0.499. The third-order valence-corrected chi connectivity index (χ3v) is 5.57. The van der Waals surface area contributed by atoms with E-state index in [-0.39, 0.29) is 18.3 Å². The molecule has 0 amide bonds. The van der Waals surface area contributed by atoms with Crippen molar-refractivity contribution in [2.24, 2.45) is 0 Å². The third kappa shape index (κ3) is 4.05. The van der Waals surface area contributed by atoms with E-state index in [1.54, 1.807) is 26.2 Å². The van der Waals surface area contributed by atoms with Gasteiger partial charge >= 0.3 is 5.97 Å². The number of carbonyl (C=O) groups excluding carboxylic acids is 1. The molecule has 0 unspecified atom stereocenters. The Bertz CT molecular complexity index is 1020. The Kier molecular flexibility index (Phi) is 6.35. The monoisotopic (exact) mass is 510 g/mol. The van der Waals surface area contributed by atoms with Crippen LogP contribution in [0.4, 0.5) is 0 Å². The minimum absolute atomic E-state index is 0.146. The van der Waals surface area contributed by atoms with Crippen LogP contribution in [0.2, 0.25) is 0 Å². The molecule has 1 aromatic heterocycles. The summed E-state index contributed by atoms with van der Waals surface area (Å²) in [4.78, 5) is 12.0. The van der Waals surface area contributed by atoms with E-state index in [0.29, 0.717) is 26.0 Å². The average molecular weight is 512 g/mol. The summed E-state index contributed by atoms with van der Waals surface area (Å²) < 4.78 is 23.6. The van der Waals surface area contributed by atoms with Gasteiger partial charge in [-0.2, -0.15) is 0 Å². The third-order valence-electron chi connectivity index (χ3n) is 4.19. The fraction of sp³-hybridized carbons (Fsp3) is 0.286. The summed E-state index contributed by atoms with van der Waals surface area (Å²) >= 11 is 7.10. The predicted octanol–water partition coefficient (Wildman–Crippen LogP) is 7.06. The molecular weight excluding hydrogens is 492 g/mol. The molecular formula is C21H20Br2O5. The van der Waals surface area contributed by atoms with Gasteiger partial charge in [0.15, 0.2) is 5.75 Å². The maximum Gasteiger partial charge on any atom is 0.374 e. The molecule has 0 aliphatic carbocycles. The van der Waals surface area contributed by atoms with Crippen molar-refractivity contribution in [2.45, 2.75) is 26.7 Å². The lowest BCUT2D eigenvalue weighted by atomic mass is 10.0. The fourth-order valence-electron chi connectivity index (χ4n) is 2.83. The molecule has 0 N–H and O–H groups in total. The molecule has 0 radical (unpaired) electrons. The van der Waals surface area contributed by atoms with E-state index in [4.69, 9.17) is 18.6 Å². The standard InChI is InChI=1S/C21H20Br2O5/c1-5-26-21(24)18-9-14-17(28-18)10-15(22)20(19(14)23)27-12-6-7-16(25-4)13(8-12)11(2)3/h6-11H,5H2,1-4H3. The summed E-state index contributed by atoms with van der Waals surface area (Å²) in [5.41, 5.74) is 1.60. The molecule has 148 valence electrons. The van der Waals surface area contributed by atoms with Crippen LogP contribution in [0, 0.1) is 0 Å². The number of rotatable bonds is 6. The Morgan fingerprint density at radius 2 is 1.93 bits per heavy atom. The molecule has 0 atom stereocenters. The smallest absolute Gasteiger partial charge is 0.374 e. The first kappa shape index (κ1) is 20.7. The van der Waals surface area contributed by atoms with E-state index < -0.39 is 5.97 Å². The Balaban J connectivity index is 2.02. The van der Waals surface area contributed by atoms with Crippen molar-refractivity contribution >= 4 is 48.8 Å². The molecule has 0 saturated heterocycles. The number of methoxy groups -OCH3 is 1. The summed E-state index contributed by atoms with van der Waals surface area (Å²) in [7, 11) is 1.66. The lowest BCUT2D eigenvalue weighted by Crippen LogP contribution is -2.02. The second kappa shape index (κ2) is 8.57. The molecule has 28 heavy (non-hydrogen) atoms. The van der Waals surface area contributed by atoms with E-state index in [1.807, 2.05) is 18.2 Å². The topological polar surface area (TPSA) is 57.9 Å². The molecule has 2 aromatic carbocycles. The van der Waals surface area contributed by atoms with Crippen LogP contribution in [0.5, 0.6) is 17.2 Å². The Hall–Kier alpha value is -1.99. The lowest BCUT2D eigenvalue weighted by Gasteiger charge is -2.15. The first-order chi connectivity index (χ1) is 13.3. The molecule has 5 nitrogen and oxygen atoms in total. The summed E-state index contributed by atoms with van der Waals surface area (Å²) in [6, 6.07) is 9.12. The number of fused-ring (bicyclic) bond motifs is 1. The van der Waals surface area contributed by atoms with Crippen molar-refractivity contribution in [3.63, 3.8) is 0 Å². The number of furan rings is 1. The van der Waals surface area contributed by atoms with Gasteiger partial charge in [0.25, 0.3) is 0 Å². The molecule has 0 aliphatic heterocycles. The largest absolute Gasteiger partial charge is 0.496 e. The van der Waals surface area contributed by atoms with Crippen molar-refractivity contribution in [2.75, 3.05) is 13.7 Å². The van der Waals surface area contributed by atoms with E-state index >= 15 is 0 Å². The van der Waals surface area contributed by atoms with E-state index in [9.17, 15) is 4.79 Å². The van der Waals surface area contributed by atoms with Gasteiger partial charge in [0.05, 0.1) is 22.7 Å². The zero-order valence-electron chi connectivity index (χ0n) is 16.0. The van der Waals surface area contributed by atoms with Crippen LogP contribution >= 0.6 is 31.9 Å². The van der Waals surface area contributed by atoms with Gasteiger partial charge in [0.1, 0.15) is 17.1 Å². The van der Waals surface area contributed by atoms with Crippen LogP contribution < -0.4 is 9.47 Å². The molecule has 0 aliphatic rings. The van der Waals surface area contributed by atoms with Crippen molar-refractivity contribution in [1.29, 1.82) is 0 Å². The Morgan fingerprint density at radius 3 is 2.57 bits per heavy atom. The molecule has 7 heteroatoms. The van der Waals surface area contributed by atoms with E-state index in [0.717, 1.165) is 16.7 Å². The van der Waals surface area contributed by atoms with Gasteiger partial charge in [-0.3, -0.25) is 0 Å². The summed E-state index contributed by atoms with van der Waals surface area (Å²) in [6.07, 6.45) is 0. The van der Waals surface area contributed by atoms with Crippen molar-refractivity contribution in [3.05, 3.63) is 50.6 Å². The van der Waals surface area contributed by atoms with Crippen LogP contribution in [0.1, 0.15) is 42.8 Å². The number of benzene rings is 2. The van der Waals surface area contributed by atoms with E-state index in [2.05, 4.69) is 45.7 Å². The van der Waals surface area contributed by atoms with Crippen molar-refractivity contribution in [1.82, 2.24) is 0 Å². The second-order valence-corrected chi connectivity index (χ2v) is 8.05. The Morgan fingerprint density at radius 1 is 1.18 bits per heavy atom. The van der Waals surface area contributed by atoms with Gasteiger partial charge in [0, 0.05) is 17.0 Å². The number of hydrogen-bond donors (Lipinski definition) is 0. The molecule has 3 aromatic rings. The van der Waals surface area contributed by atoms with Gasteiger partial charge < -0.3 is 18.6 Å². The number of esters is 1. The molecule has 0 saturated carbocycles. The van der Waals surface area contributed by atoms with Gasteiger partial charge in [-0.05, 0) is 69.0 Å². The average Bonchev–Trinajstić information content (AvgIpc) is 3.09. The van der Waals surface area contributed by atoms with Crippen LogP contribution in [0.3, 0.4) is 0 Å². The zero-order chi connectivity index (χ0) is 20.4. The molecule has 0 bridgehead atoms.